The Bertz CT molecular complexity index is 550. The van der Waals surface area contributed by atoms with Crippen LogP contribution in [0.3, 0.4) is 0 Å². The molecule has 0 amide bonds. The number of hydrogen-bond donors (Lipinski definition) is 2. The molecule has 0 aliphatic heterocycles. The van der Waals surface area contributed by atoms with Gasteiger partial charge in [-0.1, -0.05) is 37.3 Å². The number of unbranched alkanes of at least 4 members (excludes halogenated alkanes) is 7. The van der Waals surface area contributed by atoms with E-state index >= 15 is 0 Å². The first-order valence-corrected chi connectivity index (χ1v) is 8.75. The summed E-state index contributed by atoms with van der Waals surface area (Å²) in [6, 6.07) is 3.77. The van der Waals surface area contributed by atoms with Crippen LogP contribution in [-0.4, -0.2) is 17.6 Å². The van der Waals surface area contributed by atoms with Crippen molar-refractivity contribution >= 4 is 5.84 Å². The molecule has 0 bridgehead atoms. The normalized spacial score (nSPS) is 11.3. The maximum absolute atomic E-state index is 8.77. The predicted molar refractivity (Wildman–Crippen MR) is 99.7 cm³/mol. The van der Waals surface area contributed by atoms with Crippen molar-refractivity contribution in [2.75, 3.05) is 6.61 Å². The Kier molecular flexibility index (Phi) is 9.45. The fourth-order valence-corrected chi connectivity index (χ4v) is 2.77. The van der Waals surface area contributed by atoms with Crippen LogP contribution < -0.4 is 10.5 Å². The van der Waals surface area contributed by atoms with E-state index in [2.05, 4.69) is 11.1 Å². The lowest BCUT2D eigenvalue weighted by Gasteiger charge is -2.13. The average molecular weight is 330 g/mol. The van der Waals surface area contributed by atoms with E-state index in [0.717, 1.165) is 42.7 Å². The van der Waals surface area contributed by atoms with Crippen molar-refractivity contribution < 1.29 is 9.94 Å². The second-order valence-electron chi connectivity index (χ2n) is 6.20. The first-order valence-electron chi connectivity index (χ1n) is 8.75. The molecule has 0 spiro atoms. The minimum Gasteiger partial charge on any atom is -0.493 e. The van der Waals surface area contributed by atoms with E-state index in [1.165, 1.54) is 32.1 Å². The van der Waals surface area contributed by atoms with Gasteiger partial charge >= 0.3 is 0 Å². The molecule has 1 aromatic rings. The van der Waals surface area contributed by atoms with Crippen molar-refractivity contribution in [2.24, 2.45) is 10.9 Å². The van der Waals surface area contributed by atoms with Crippen LogP contribution in [0.4, 0.5) is 0 Å². The Hall–Kier alpha value is -2.15. The van der Waals surface area contributed by atoms with E-state index in [9.17, 15) is 0 Å². The standard InChI is InChI=1S/C20H30N2O2/c1-4-5-6-7-8-9-10-11-12-13-24-19-16(2)14-18(15-17(19)3)20(21)22-23/h1,14-15,23H,5-13H2,2-3H3,(H2,21,22). The summed E-state index contributed by atoms with van der Waals surface area (Å²) in [5, 5.41) is 11.8. The van der Waals surface area contributed by atoms with E-state index in [0.29, 0.717) is 5.56 Å². The minimum absolute atomic E-state index is 0.120. The number of amidine groups is 1. The average Bonchev–Trinajstić information content (AvgIpc) is 2.57. The van der Waals surface area contributed by atoms with Crippen LogP contribution in [0.2, 0.25) is 0 Å². The number of benzene rings is 1. The molecule has 0 saturated carbocycles. The van der Waals surface area contributed by atoms with Crippen molar-refractivity contribution in [3.05, 3.63) is 28.8 Å². The zero-order valence-electron chi connectivity index (χ0n) is 15.0. The summed E-state index contributed by atoms with van der Waals surface area (Å²) in [4.78, 5) is 0. The van der Waals surface area contributed by atoms with Gasteiger partial charge < -0.3 is 15.7 Å². The Morgan fingerprint density at radius 3 is 2.17 bits per heavy atom. The Morgan fingerprint density at radius 2 is 1.62 bits per heavy atom. The molecular formula is C20H30N2O2. The van der Waals surface area contributed by atoms with Gasteiger partial charge in [0.1, 0.15) is 5.75 Å². The Morgan fingerprint density at radius 1 is 1.08 bits per heavy atom. The van der Waals surface area contributed by atoms with Gasteiger partial charge in [-0.15, -0.1) is 12.3 Å². The quantitative estimate of drug-likeness (QED) is 0.156. The van der Waals surface area contributed by atoms with Crippen molar-refractivity contribution in [3.63, 3.8) is 0 Å². The molecule has 24 heavy (non-hydrogen) atoms. The maximum atomic E-state index is 8.77. The van der Waals surface area contributed by atoms with Gasteiger partial charge in [0.25, 0.3) is 0 Å². The number of oxime groups is 1. The zero-order valence-corrected chi connectivity index (χ0v) is 15.0. The monoisotopic (exact) mass is 330 g/mol. The number of rotatable bonds is 11. The molecule has 0 aliphatic rings. The summed E-state index contributed by atoms with van der Waals surface area (Å²) in [5.41, 5.74) is 8.36. The number of ether oxygens (including phenoxy) is 1. The van der Waals surface area contributed by atoms with Crippen molar-refractivity contribution in [2.45, 2.75) is 65.2 Å². The van der Waals surface area contributed by atoms with Gasteiger partial charge in [-0.3, -0.25) is 0 Å². The van der Waals surface area contributed by atoms with E-state index < -0.39 is 0 Å². The predicted octanol–water partition coefficient (Wildman–Crippen LogP) is 4.53. The van der Waals surface area contributed by atoms with Crippen LogP contribution in [0.1, 0.15) is 68.1 Å². The highest BCUT2D eigenvalue weighted by Crippen LogP contribution is 2.25. The van der Waals surface area contributed by atoms with Crippen LogP contribution in [0.25, 0.3) is 0 Å². The highest BCUT2D eigenvalue weighted by molar-refractivity contribution is 5.97. The minimum atomic E-state index is 0.120. The van der Waals surface area contributed by atoms with Gasteiger partial charge in [0.05, 0.1) is 6.61 Å². The Labute approximate surface area is 146 Å². The fourth-order valence-electron chi connectivity index (χ4n) is 2.77. The second kappa shape index (κ2) is 11.4. The largest absolute Gasteiger partial charge is 0.493 e. The van der Waals surface area contributed by atoms with E-state index in [4.69, 9.17) is 22.1 Å². The first-order chi connectivity index (χ1) is 11.6. The third-order valence-corrected chi connectivity index (χ3v) is 4.08. The zero-order chi connectivity index (χ0) is 17.8. The lowest BCUT2D eigenvalue weighted by atomic mass is 10.0. The molecule has 4 nitrogen and oxygen atoms in total. The molecule has 4 heteroatoms. The Balaban J connectivity index is 2.27. The summed E-state index contributed by atoms with van der Waals surface area (Å²) < 4.78 is 5.93. The lowest BCUT2D eigenvalue weighted by Crippen LogP contribution is -2.14. The van der Waals surface area contributed by atoms with Gasteiger partial charge in [-0.05, 0) is 49.9 Å². The van der Waals surface area contributed by atoms with Crippen LogP contribution >= 0.6 is 0 Å². The fraction of sp³-hybridized carbons (Fsp3) is 0.550. The molecule has 0 heterocycles. The molecule has 0 fully saturated rings. The summed E-state index contributed by atoms with van der Waals surface area (Å²) >= 11 is 0. The second-order valence-corrected chi connectivity index (χ2v) is 6.20. The SMILES string of the molecule is C#CCCCCCCCCCOc1c(C)cc(C(N)=NO)cc1C. The van der Waals surface area contributed by atoms with Crippen LogP contribution in [-0.2, 0) is 0 Å². The summed E-state index contributed by atoms with van der Waals surface area (Å²) in [7, 11) is 0. The summed E-state index contributed by atoms with van der Waals surface area (Å²) in [6.45, 7) is 4.68. The first kappa shape index (κ1) is 19.9. The third kappa shape index (κ3) is 6.95. The molecule has 0 aromatic heterocycles. The smallest absolute Gasteiger partial charge is 0.170 e. The van der Waals surface area contributed by atoms with Crippen molar-refractivity contribution in [1.29, 1.82) is 0 Å². The third-order valence-electron chi connectivity index (χ3n) is 4.08. The van der Waals surface area contributed by atoms with Crippen LogP contribution in [0.15, 0.2) is 17.3 Å². The highest BCUT2D eigenvalue weighted by Gasteiger charge is 2.09. The van der Waals surface area contributed by atoms with Crippen LogP contribution in [0.5, 0.6) is 5.75 Å². The number of nitrogens with zero attached hydrogens (tertiary/aromatic N) is 1. The molecule has 0 unspecified atom stereocenters. The van der Waals surface area contributed by atoms with Gasteiger partial charge in [0.2, 0.25) is 0 Å². The number of hydrogen-bond acceptors (Lipinski definition) is 3. The number of terminal acetylenes is 1. The number of nitrogens with two attached hydrogens (primary N) is 1. The molecule has 3 N–H and O–H groups in total. The summed E-state index contributed by atoms with van der Waals surface area (Å²) in [6.07, 6.45) is 14.6. The molecule has 132 valence electrons. The maximum Gasteiger partial charge on any atom is 0.170 e. The lowest BCUT2D eigenvalue weighted by molar-refractivity contribution is 0.300. The van der Waals surface area contributed by atoms with Crippen LogP contribution in [0, 0.1) is 26.2 Å². The van der Waals surface area contributed by atoms with E-state index in [1.807, 2.05) is 26.0 Å². The molecule has 0 atom stereocenters. The molecule has 1 aromatic carbocycles. The van der Waals surface area contributed by atoms with Gasteiger partial charge in [-0.25, -0.2) is 0 Å². The van der Waals surface area contributed by atoms with E-state index in [-0.39, 0.29) is 5.84 Å². The number of aryl methyl sites for hydroxylation is 2. The molecule has 0 saturated heterocycles. The van der Waals surface area contributed by atoms with Gasteiger partial charge in [0, 0.05) is 12.0 Å². The van der Waals surface area contributed by atoms with E-state index in [1.54, 1.807) is 0 Å². The van der Waals surface area contributed by atoms with Gasteiger partial charge in [-0.2, -0.15) is 0 Å². The molecular weight excluding hydrogens is 300 g/mol. The van der Waals surface area contributed by atoms with Gasteiger partial charge in [0.15, 0.2) is 5.84 Å². The summed E-state index contributed by atoms with van der Waals surface area (Å²) in [5.74, 6) is 3.70. The van der Waals surface area contributed by atoms with Crippen molar-refractivity contribution in [3.8, 4) is 18.1 Å². The molecule has 1 rings (SSSR count). The topological polar surface area (TPSA) is 67.8 Å². The molecule has 0 aliphatic carbocycles. The highest BCUT2D eigenvalue weighted by atomic mass is 16.5. The van der Waals surface area contributed by atoms with Crippen molar-refractivity contribution in [1.82, 2.24) is 0 Å². The molecule has 0 radical (unpaired) electrons.